The number of hydrogen-bond acceptors (Lipinski definition) is 4. The molecule has 0 saturated carbocycles. The van der Waals surface area contributed by atoms with Crippen molar-refractivity contribution in [2.24, 2.45) is 0 Å². The Balaban J connectivity index is 1.77. The Morgan fingerprint density at radius 3 is 2.74 bits per heavy atom. The van der Waals surface area contributed by atoms with Crippen LogP contribution in [0.3, 0.4) is 0 Å². The number of amides is 1. The average Bonchev–Trinajstić information content (AvgIpc) is 2.60. The van der Waals surface area contributed by atoms with Gasteiger partial charge in [0.1, 0.15) is 19.0 Å². The molecule has 2 aromatic rings. The van der Waals surface area contributed by atoms with Gasteiger partial charge < -0.3 is 19.5 Å². The number of rotatable bonds is 5. The van der Waals surface area contributed by atoms with E-state index in [4.69, 9.17) is 14.2 Å². The summed E-state index contributed by atoms with van der Waals surface area (Å²) in [6.45, 7) is 3.67. The van der Waals surface area contributed by atoms with Crippen LogP contribution in [0.4, 0.5) is 5.69 Å². The topological polar surface area (TPSA) is 56.8 Å². The maximum atomic E-state index is 12.5. The molecule has 1 N–H and O–H groups in total. The van der Waals surface area contributed by atoms with Crippen LogP contribution in [0.15, 0.2) is 42.5 Å². The van der Waals surface area contributed by atoms with E-state index in [0.717, 1.165) is 6.42 Å². The van der Waals surface area contributed by atoms with Crippen LogP contribution in [-0.4, -0.2) is 25.7 Å². The van der Waals surface area contributed by atoms with Crippen molar-refractivity contribution in [2.75, 3.05) is 25.1 Å². The van der Waals surface area contributed by atoms with Crippen LogP contribution in [0.1, 0.15) is 23.7 Å². The second-order valence-electron chi connectivity index (χ2n) is 5.16. The number of benzene rings is 2. The maximum Gasteiger partial charge on any atom is 0.255 e. The summed E-state index contributed by atoms with van der Waals surface area (Å²) in [5.41, 5.74) is 1.17. The van der Waals surface area contributed by atoms with Crippen LogP contribution in [0.25, 0.3) is 0 Å². The number of hydrogen-bond donors (Lipinski definition) is 1. The van der Waals surface area contributed by atoms with Gasteiger partial charge in [0.2, 0.25) is 0 Å². The molecule has 0 atom stereocenters. The lowest BCUT2D eigenvalue weighted by atomic mass is 10.1. The first-order valence-corrected chi connectivity index (χ1v) is 7.71. The van der Waals surface area contributed by atoms with Gasteiger partial charge in [-0.1, -0.05) is 19.1 Å². The van der Waals surface area contributed by atoms with Crippen molar-refractivity contribution in [1.82, 2.24) is 0 Å². The molecule has 0 unspecified atom stereocenters. The van der Waals surface area contributed by atoms with Crippen LogP contribution in [0, 0.1) is 0 Å². The van der Waals surface area contributed by atoms with Crippen LogP contribution in [-0.2, 0) is 0 Å². The number of carbonyl (C=O) groups excluding carboxylic acids is 1. The van der Waals surface area contributed by atoms with Crippen molar-refractivity contribution < 1.29 is 19.0 Å². The Bertz CT molecular complexity index is 699. The molecule has 1 amide bonds. The molecule has 120 valence electrons. The molecule has 0 saturated heterocycles. The molecule has 0 radical (unpaired) electrons. The molecule has 1 aliphatic rings. The summed E-state index contributed by atoms with van der Waals surface area (Å²) >= 11 is 0. The van der Waals surface area contributed by atoms with Crippen molar-refractivity contribution in [1.29, 1.82) is 0 Å². The molecular weight excluding hydrogens is 294 g/mol. The van der Waals surface area contributed by atoms with Crippen molar-refractivity contribution in [3.05, 3.63) is 48.0 Å². The number of carbonyl (C=O) groups is 1. The van der Waals surface area contributed by atoms with E-state index in [1.807, 2.05) is 31.2 Å². The van der Waals surface area contributed by atoms with Gasteiger partial charge in [0.05, 0.1) is 12.3 Å². The fourth-order valence-corrected chi connectivity index (χ4v) is 2.29. The summed E-state index contributed by atoms with van der Waals surface area (Å²) in [6.07, 6.45) is 0.907. The van der Waals surface area contributed by atoms with E-state index in [-0.39, 0.29) is 5.91 Å². The number of ether oxygens (including phenoxy) is 3. The predicted octanol–water partition coefficient (Wildman–Crippen LogP) is 3.50. The molecule has 2 aromatic carbocycles. The third kappa shape index (κ3) is 3.56. The first kappa shape index (κ1) is 15.2. The van der Waals surface area contributed by atoms with E-state index in [9.17, 15) is 4.79 Å². The monoisotopic (exact) mass is 313 g/mol. The standard InChI is InChI=1S/C18H19NO4/c1-2-9-21-15-6-4-3-5-14(15)19-18(20)13-7-8-16-17(12-13)23-11-10-22-16/h3-8,12H,2,9-11H2,1H3,(H,19,20). The largest absolute Gasteiger partial charge is 0.491 e. The van der Waals surface area contributed by atoms with Crippen LogP contribution >= 0.6 is 0 Å². The molecule has 1 heterocycles. The van der Waals surface area contributed by atoms with Gasteiger partial charge in [-0.3, -0.25) is 4.79 Å². The zero-order chi connectivity index (χ0) is 16.1. The molecule has 0 aliphatic carbocycles. The summed E-state index contributed by atoms with van der Waals surface area (Å²) in [5, 5.41) is 2.88. The highest BCUT2D eigenvalue weighted by molar-refractivity contribution is 6.05. The second kappa shape index (κ2) is 7.05. The third-order valence-corrected chi connectivity index (χ3v) is 3.40. The van der Waals surface area contributed by atoms with E-state index in [1.54, 1.807) is 18.2 Å². The number of anilines is 1. The first-order valence-electron chi connectivity index (χ1n) is 7.71. The van der Waals surface area contributed by atoms with Crippen LogP contribution in [0.2, 0.25) is 0 Å². The zero-order valence-corrected chi connectivity index (χ0v) is 13.0. The number of para-hydroxylation sites is 2. The van der Waals surface area contributed by atoms with Crippen molar-refractivity contribution in [2.45, 2.75) is 13.3 Å². The zero-order valence-electron chi connectivity index (χ0n) is 13.0. The predicted molar refractivity (Wildman–Crippen MR) is 87.6 cm³/mol. The molecule has 5 nitrogen and oxygen atoms in total. The molecule has 5 heteroatoms. The smallest absolute Gasteiger partial charge is 0.255 e. The highest BCUT2D eigenvalue weighted by atomic mass is 16.6. The van der Waals surface area contributed by atoms with Gasteiger partial charge in [0.25, 0.3) is 5.91 Å². The minimum Gasteiger partial charge on any atom is -0.491 e. The van der Waals surface area contributed by atoms with Gasteiger partial charge >= 0.3 is 0 Å². The Kier molecular flexibility index (Phi) is 4.66. The SMILES string of the molecule is CCCOc1ccccc1NC(=O)c1ccc2c(c1)OCCO2. The lowest BCUT2D eigenvalue weighted by Crippen LogP contribution is -2.17. The Morgan fingerprint density at radius 1 is 1.13 bits per heavy atom. The molecule has 0 fully saturated rings. The molecule has 0 spiro atoms. The van der Waals surface area contributed by atoms with Gasteiger partial charge in [0.15, 0.2) is 11.5 Å². The number of fused-ring (bicyclic) bond motifs is 1. The van der Waals surface area contributed by atoms with Gasteiger partial charge in [-0.2, -0.15) is 0 Å². The molecule has 1 aliphatic heterocycles. The van der Waals surface area contributed by atoms with Gasteiger partial charge in [-0.15, -0.1) is 0 Å². The minimum atomic E-state index is -0.213. The minimum absolute atomic E-state index is 0.213. The van der Waals surface area contributed by atoms with E-state index >= 15 is 0 Å². The van der Waals surface area contributed by atoms with E-state index in [1.165, 1.54) is 0 Å². The van der Waals surface area contributed by atoms with E-state index in [0.29, 0.717) is 48.3 Å². The summed E-state index contributed by atoms with van der Waals surface area (Å²) in [7, 11) is 0. The molecule has 0 bridgehead atoms. The second-order valence-corrected chi connectivity index (χ2v) is 5.16. The summed E-state index contributed by atoms with van der Waals surface area (Å²) < 4.78 is 16.6. The number of nitrogens with one attached hydrogen (secondary N) is 1. The van der Waals surface area contributed by atoms with Gasteiger partial charge in [-0.05, 0) is 36.8 Å². The third-order valence-electron chi connectivity index (χ3n) is 3.40. The summed E-state index contributed by atoms with van der Waals surface area (Å²) in [5.74, 6) is 1.72. The quantitative estimate of drug-likeness (QED) is 0.918. The summed E-state index contributed by atoms with van der Waals surface area (Å²) in [6, 6.07) is 12.6. The molecular formula is C18H19NO4. The van der Waals surface area contributed by atoms with E-state index < -0.39 is 0 Å². The normalized spacial score (nSPS) is 12.6. The highest BCUT2D eigenvalue weighted by Crippen LogP contribution is 2.31. The van der Waals surface area contributed by atoms with Gasteiger partial charge in [0, 0.05) is 5.56 Å². The highest BCUT2D eigenvalue weighted by Gasteiger charge is 2.16. The maximum absolute atomic E-state index is 12.5. The Morgan fingerprint density at radius 2 is 1.91 bits per heavy atom. The van der Waals surface area contributed by atoms with Crippen LogP contribution in [0.5, 0.6) is 17.2 Å². The molecule has 0 aromatic heterocycles. The first-order chi connectivity index (χ1) is 11.3. The van der Waals surface area contributed by atoms with Crippen molar-refractivity contribution >= 4 is 11.6 Å². The fraction of sp³-hybridized carbons (Fsp3) is 0.278. The van der Waals surface area contributed by atoms with Crippen LogP contribution < -0.4 is 19.5 Å². The molecule has 23 heavy (non-hydrogen) atoms. The Hall–Kier alpha value is -2.69. The average molecular weight is 313 g/mol. The lowest BCUT2D eigenvalue weighted by molar-refractivity contribution is 0.102. The van der Waals surface area contributed by atoms with Crippen molar-refractivity contribution in [3.63, 3.8) is 0 Å². The van der Waals surface area contributed by atoms with Crippen molar-refractivity contribution in [3.8, 4) is 17.2 Å². The van der Waals surface area contributed by atoms with Gasteiger partial charge in [-0.25, -0.2) is 0 Å². The summed E-state index contributed by atoms with van der Waals surface area (Å²) in [4.78, 5) is 12.5. The Labute approximate surface area is 135 Å². The van der Waals surface area contributed by atoms with E-state index in [2.05, 4.69) is 5.32 Å². The lowest BCUT2D eigenvalue weighted by Gasteiger charge is -2.19. The fourth-order valence-electron chi connectivity index (χ4n) is 2.29. The molecule has 3 rings (SSSR count).